The molecule has 6 heteroatoms. The van der Waals surface area contributed by atoms with Gasteiger partial charge in [-0.25, -0.2) is 0 Å². The Labute approximate surface area is 120 Å². The van der Waals surface area contributed by atoms with E-state index >= 15 is 0 Å². The summed E-state index contributed by atoms with van der Waals surface area (Å²) in [7, 11) is 3.35. The van der Waals surface area contributed by atoms with Crippen molar-refractivity contribution in [1.82, 2.24) is 10.6 Å². The third kappa shape index (κ3) is 11.7. The first kappa shape index (κ1) is 20.9. The van der Waals surface area contributed by atoms with E-state index in [2.05, 4.69) is 10.6 Å². The van der Waals surface area contributed by atoms with Crippen LogP contribution in [0.2, 0.25) is 0 Å². The van der Waals surface area contributed by atoms with Crippen LogP contribution < -0.4 is 10.6 Å². The van der Waals surface area contributed by atoms with Crippen LogP contribution in [0.25, 0.3) is 0 Å². The van der Waals surface area contributed by atoms with Gasteiger partial charge < -0.3 is 10.6 Å². The Kier molecular flexibility index (Phi) is 11.9. The normalized spacial score (nSPS) is 12.7. The van der Waals surface area contributed by atoms with E-state index in [9.17, 15) is 19.2 Å². The molecule has 0 aliphatic heterocycles. The average molecular weight is 286 g/mol. The number of carbonyl (C=O) groups is 4. The molecule has 0 aliphatic carbocycles. The predicted octanol–water partition coefficient (Wildman–Crippen LogP) is 0.285. The lowest BCUT2D eigenvalue weighted by Gasteiger charge is -2.08. The van der Waals surface area contributed by atoms with Crippen LogP contribution in [0.3, 0.4) is 0 Å². The van der Waals surface area contributed by atoms with E-state index in [1.807, 2.05) is 0 Å². The fourth-order valence-corrected chi connectivity index (χ4v) is 1.47. The molecule has 0 aromatic heterocycles. The number of nitrogens with one attached hydrogen (secondary N) is 2. The summed E-state index contributed by atoms with van der Waals surface area (Å²) in [6, 6.07) is -0.588. The lowest BCUT2D eigenvalue weighted by molar-refractivity contribution is -0.123. The van der Waals surface area contributed by atoms with Crippen molar-refractivity contribution in [2.75, 3.05) is 14.1 Å². The zero-order valence-electron chi connectivity index (χ0n) is 13.2. The van der Waals surface area contributed by atoms with Crippen LogP contribution in [0, 0.1) is 0 Å². The molecule has 0 aromatic rings. The van der Waals surface area contributed by atoms with E-state index in [1.54, 1.807) is 14.1 Å². The van der Waals surface area contributed by atoms with E-state index in [4.69, 9.17) is 0 Å². The fraction of sp³-hybridized carbons (Fsp3) is 0.714. The lowest BCUT2D eigenvalue weighted by Crippen LogP contribution is -2.33. The number of rotatable bonds is 8. The van der Waals surface area contributed by atoms with E-state index in [1.165, 1.54) is 27.7 Å². The summed E-state index contributed by atoms with van der Waals surface area (Å²) in [6.45, 7) is 5.91. The molecule has 0 radical (unpaired) electrons. The molecule has 2 atom stereocenters. The number of hydrogen-bond acceptors (Lipinski definition) is 6. The second-order valence-electron chi connectivity index (χ2n) is 4.72. The number of Topliss-reactive ketones (excluding diaryl/α,β-unsaturated/α-hetero) is 4. The van der Waals surface area contributed by atoms with Crippen molar-refractivity contribution in [3.8, 4) is 0 Å². The third-order valence-electron chi connectivity index (χ3n) is 2.66. The van der Waals surface area contributed by atoms with Crippen molar-refractivity contribution >= 4 is 23.1 Å². The first-order chi connectivity index (χ1) is 9.15. The first-order valence-corrected chi connectivity index (χ1v) is 6.49. The maximum Gasteiger partial charge on any atom is 0.147 e. The summed E-state index contributed by atoms with van der Waals surface area (Å²) in [6.07, 6.45) is 0.595. The molecule has 2 N–H and O–H groups in total. The van der Waals surface area contributed by atoms with Gasteiger partial charge in [0.05, 0.1) is 12.1 Å². The molecule has 0 heterocycles. The highest BCUT2D eigenvalue weighted by molar-refractivity contribution is 5.88. The second kappa shape index (κ2) is 11.4. The zero-order valence-corrected chi connectivity index (χ0v) is 13.2. The Hall–Kier alpha value is -1.40. The molecule has 116 valence electrons. The van der Waals surface area contributed by atoms with Gasteiger partial charge in [-0.3, -0.25) is 19.2 Å². The molecule has 0 spiro atoms. The van der Waals surface area contributed by atoms with E-state index < -0.39 is 0 Å². The molecule has 0 rings (SSSR count). The van der Waals surface area contributed by atoms with Crippen LogP contribution in [0.1, 0.15) is 40.5 Å². The number of likely N-dealkylation sites (N-methyl/N-ethyl adjacent to an activating group) is 2. The van der Waals surface area contributed by atoms with Gasteiger partial charge in [0.2, 0.25) is 0 Å². The van der Waals surface area contributed by atoms with Gasteiger partial charge in [-0.05, 0) is 41.8 Å². The highest BCUT2D eigenvalue weighted by Gasteiger charge is 2.13. The van der Waals surface area contributed by atoms with Crippen molar-refractivity contribution in [3.05, 3.63) is 0 Å². The van der Waals surface area contributed by atoms with Crippen LogP contribution in [-0.4, -0.2) is 49.3 Å². The van der Waals surface area contributed by atoms with E-state index in [0.29, 0.717) is 12.8 Å². The summed E-state index contributed by atoms with van der Waals surface area (Å²) in [5, 5.41) is 5.52. The molecule has 2 unspecified atom stereocenters. The largest absolute Gasteiger partial charge is 0.310 e. The van der Waals surface area contributed by atoms with Crippen LogP contribution in [0.4, 0.5) is 0 Å². The minimum absolute atomic E-state index is 0.0118. The standard InChI is InChI=1S/2C7H13NO2/c2*1-5(9)4-7(8-3)6(2)10/h2*7-8H,4H2,1-3H3. The zero-order chi connectivity index (χ0) is 16.3. The Morgan fingerprint density at radius 2 is 0.950 bits per heavy atom. The fourth-order valence-electron chi connectivity index (χ4n) is 1.47. The van der Waals surface area contributed by atoms with Crippen LogP contribution >= 0.6 is 0 Å². The quantitative estimate of drug-likeness (QED) is 0.666. The molecule has 0 amide bonds. The SMILES string of the molecule is CNC(CC(C)=O)C(C)=O.CNC(CC(C)=O)C(C)=O. The highest BCUT2D eigenvalue weighted by Crippen LogP contribution is 1.93. The summed E-state index contributed by atoms with van der Waals surface area (Å²) < 4.78 is 0. The number of ketones is 4. The molecule has 0 fully saturated rings. The summed E-state index contributed by atoms with van der Waals surface area (Å²) in [4.78, 5) is 42.4. The van der Waals surface area contributed by atoms with Gasteiger partial charge in [0.25, 0.3) is 0 Å². The molecular weight excluding hydrogens is 260 g/mol. The first-order valence-electron chi connectivity index (χ1n) is 6.49. The van der Waals surface area contributed by atoms with Crippen LogP contribution in [-0.2, 0) is 19.2 Å². The van der Waals surface area contributed by atoms with Crippen molar-refractivity contribution < 1.29 is 19.2 Å². The summed E-state index contributed by atoms with van der Waals surface area (Å²) in [5.41, 5.74) is 0. The second-order valence-corrected chi connectivity index (χ2v) is 4.72. The minimum atomic E-state index is -0.294. The van der Waals surface area contributed by atoms with Crippen molar-refractivity contribution in [2.45, 2.75) is 52.6 Å². The monoisotopic (exact) mass is 286 g/mol. The minimum Gasteiger partial charge on any atom is -0.310 e. The molecule has 6 nitrogen and oxygen atoms in total. The molecule has 0 saturated heterocycles. The molecule has 0 bridgehead atoms. The maximum absolute atomic E-state index is 10.7. The summed E-state index contributed by atoms with van der Waals surface area (Å²) in [5.74, 6) is 0.0968. The summed E-state index contributed by atoms with van der Waals surface area (Å²) >= 11 is 0. The van der Waals surface area contributed by atoms with Gasteiger partial charge in [0.15, 0.2) is 0 Å². The molecule has 0 aromatic carbocycles. The highest BCUT2D eigenvalue weighted by atomic mass is 16.1. The smallest absolute Gasteiger partial charge is 0.147 e. The van der Waals surface area contributed by atoms with Gasteiger partial charge >= 0.3 is 0 Å². The molecule has 0 aliphatic rings. The Morgan fingerprint density at radius 3 is 1.00 bits per heavy atom. The predicted molar refractivity (Wildman–Crippen MR) is 77.7 cm³/mol. The average Bonchev–Trinajstić information content (AvgIpc) is 2.32. The third-order valence-corrected chi connectivity index (χ3v) is 2.66. The Balaban J connectivity index is 0. The van der Waals surface area contributed by atoms with Gasteiger partial charge in [-0.2, -0.15) is 0 Å². The Bertz CT molecular complexity index is 319. The van der Waals surface area contributed by atoms with Gasteiger partial charge in [0.1, 0.15) is 23.1 Å². The van der Waals surface area contributed by atoms with Crippen molar-refractivity contribution in [2.24, 2.45) is 0 Å². The topological polar surface area (TPSA) is 92.3 Å². The van der Waals surface area contributed by atoms with E-state index in [-0.39, 0.29) is 35.2 Å². The Morgan fingerprint density at radius 1 is 0.700 bits per heavy atom. The maximum atomic E-state index is 10.7. The lowest BCUT2D eigenvalue weighted by atomic mass is 10.1. The molecule has 0 saturated carbocycles. The van der Waals surface area contributed by atoms with Crippen molar-refractivity contribution in [1.29, 1.82) is 0 Å². The molecular formula is C14H26N2O4. The van der Waals surface area contributed by atoms with Gasteiger partial charge in [-0.15, -0.1) is 0 Å². The van der Waals surface area contributed by atoms with Crippen molar-refractivity contribution in [3.63, 3.8) is 0 Å². The van der Waals surface area contributed by atoms with Gasteiger partial charge in [0, 0.05) is 12.8 Å². The van der Waals surface area contributed by atoms with E-state index in [0.717, 1.165) is 0 Å². The molecule has 20 heavy (non-hydrogen) atoms. The number of carbonyl (C=O) groups excluding carboxylic acids is 4. The van der Waals surface area contributed by atoms with Crippen LogP contribution in [0.15, 0.2) is 0 Å². The van der Waals surface area contributed by atoms with Gasteiger partial charge in [-0.1, -0.05) is 0 Å². The number of hydrogen-bond donors (Lipinski definition) is 2. The van der Waals surface area contributed by atoms with Crippen LogP contribution in [0.5, 0.6) is 0 Å².